The summed E-state index contributed by atoms with van der Waals surface area (Å²) in [6.07, 6.45) is 5.47. The molecular weight excluding hydrogens is 401 g/mol. The smallest absolute Gasteiger partial charge is 0.0487 e. The van der Waals surface area contributed by atoms with E-state index in [1.54, 1.807) is 0 Å². The van der Waals surface area contributed by atoms with Gasteiger partial charge in [-0.3, -0.25) is 0 Å². The standard InChI is InChI=1S/3C6H14O2.Y/c3*1-2-5-8-6-3-4-7;/h3*7H,2-6H2,1H3;. The fourth-order valence-corrected chi connectivity index (χ4v) is 1.24. The third-order valence-corrected chi connectivity index (χ3v) is 2.39. The molecule has 0 heterocycles. The van der Waals surface area contributed by atoms with Crippen molar-refractivity contribution in [2.45, 2.75) is 59.3 Å². The zero-order chi connectivity index (χ0) is 18.7. The Morgan fingerprint density at radius 2 is 0.720 bits per heavy atom. The van der Waals surface area contributed by atoms with Crippen LogP contribution < -0.4 is 0 Å². The summed E-state index contributed by atoms with van der Waals surface area (Å²) in [6.45, 7) is 11.5. The van der Waals surface area contributed by atoms with Crippen LogP contribution in [0, 0.1) is 0 Å². The van der Waals surface area contributed by atoms with E-state index in [2.05, 4.69) is 20.8 Å². The second kappa shape index (κ2) is 39.8. The van der Waals surface area contributed by atoms with Gasteiger partial charge in [-0.15, -0.1) is 0 Å². The van der Waals surface area contributed by atoms with E-state index in [1.165, 1.54) is 0 Å². The van der Waals surface area contributed by atoms with E-state index in [0.717, 1.165) is 58.3 Å². The summed E-state index contributed by atoms with van der Waals surface area (Å²) in [5.41, 5.74) is 0. The van der Waals surface area contributed by atoms with Gasteiger partial charge >= 0.3 is 0 Å². The molecular formula is C18H42O6Y. The van der Waals surface area contributed by atoms with Crippen molar-refractivity contribution >= 4 is 0 Å². The Morgan fingerprint density at radius 1 is 0.480 bits per heavy atom. The average molecular weight is 443 g/mol. The summed E-state index contributed by atoms with van der Waals surface area (Å²) in [5, 5.41) is 24.9. The average Bonchev–Trinajstić information content (AvgIpc) is 2.61. The molecule has 3 N–H and O–H groups in total. The Morgan fingerprint density at radius 3 is 0.880 bits per heavy atom. The molecule has 0 aromatic rings. The molecule has 25 heavy (non-hydrogen) atoms. The van der Waals surface area contributed by atoms with Crippen molar-refractivity contribution in [3.63, 3.8) is 0 Å². The summed E-state index contributed by atoms with van der Waals surface area (Å²) < 4.78 is 15.2. The van der Waals surface area contributed by atoms with Crippen LogP contribution in [0.5, 0.6) is 0 Å². The molecule has 0 aromatic heterocycles. The molecule has 153 valence electrons. The van der Waals surface area contributed by atoms with Crippen LogP contribution in [0.1, 0.15) is 59.3 Å². The fraction of sp³-hybridized carbons (Fsp3) is 1.00. The maximum Gasteiger partial charge on any atom is 0.0487 e. The van der Waals surface area contributed by atoms with Crippen LogP contribution in [0.2, 0.25) is 0 Å². The minimum atomic E-state index is 0. The van der Waals surface area contributed by atoms with E-state index >= 15 is 0 Å². The zero-order valence-corrected chi connectivity index (χ0v) is 19.6. The molecule has 0 rings (SSSR count). The predicted octanol–water partition coefficient (Wildman–Crippen LogP) is 2.38. The summed E-state index contributed by atoms with van der Waals surface area (Å²) in [6, 6.07) is 0. The maximum absolute atomic E-state index is 8.29. The van der Waals surface area contributed by atoms with Gasteiger partial charge in [0.05, 0.1) is 0 Å². The maximum atomic E-state index is 8.29. The number of rotatable bonds is 15. The van der Waals surface area contributed by atoms with E-state index in [-0.39, 0.29) is 52.5 Å². The van der Waals surface area contributed by atoms with Crippen LogP contribution >= 0.6 is 0 Å². The zero-order valence-electron chi connectivity index (χ0n) is 16.8. The van der Waals surface area contributed by atoms with Gasteiger partial charge < -0.3 is 29.5 Å². The monoisotopic (exact) mass is 443 g/mol. The number of hydrogen-bond donors (Lipinski definition) is 3. The topological polar surface area (TPSA) is 88.4 Å². The summed E-state index contributed by atoms with van der Waals surface area (Å²) in [4.78, 5) is 0. The van der Waals surface area contributed by atoms with Gasteiger partial charge in [0, 0.05) is 92.2 Å². The number of ether oxygens (including phenoxy) is 3. The molecule has 0 amide bonds. The van der Waals surface area contributed by atoms with Crippen LogP contribution in [0.4, 0.5) is 0 Å². The number of aliphatic hydroxyl groups is 3. The Hall–Kier alpha value is 0.864. The molecule has 0 aliphatic heterocycles. The molecule has 0 saturated heterocycles. The van der Waals surface area contributed by atoms with Gasteiger partial charge in [0.1, 0.15) is 0 Å². The Labute approximate surface area is 180 Å². The van der Waals surface area contributed by atoms with Gasteiger partial charge in [-0.05, 0) is 38.5 Å². The first kappa shape index (κ1) is 33.4. The van der Waals surface area contributed by atoms with Crippen molar-refractivity contribution in [3.8, 4) is 0 Å². The van der Waals surface area contributed by atoms with Gasteiger partial charge in [0.25, 0.3) is 0 Å². The molecule has 6 nitrogen and oxygen atoms in total. The van der Waals surface area contributed by atoms with Crippen molar-refractivity contribution < 1.29 is 62.2 Å². The summed E-state index contributed by atoms with van der Waals surface area (Å²) in [7, 11) is 0. The van der Waals surface area contributed by atoms with Crippen molar-refractivity contribution in [2.24, 2.45) is 0 Å². The second-order valence-electron chi connectivity index (χ2n) is 5.07. The van der Waals surface area contributed by atoms with Crippen molar-refractivity contribution in [1.82, 2.24) is 0 Å². The van der Waals surface area contributed by atoms with Crippen LogP contribution in [0.3, 0.4) is 0 Å². The minimum Gasteiger partial charge on any atom is -0.396 e. The molecule has 0 atom stereocenters. The molecule has 0 aliphatic rings. The van der Waals surface area contributed by atoms with E-state index in [0.29, 0.717) is 19.8 Å². The third kappa shape index (κ3) is 51.6. The SMILES string of the molecule is CCCOCCCO.CCCOCCCO.CCCOCCCO.[Y]. The predicted molar refractivity (Wildman–Crippen MR) is 98.4 cm³/mol. The van der Waals surface area contributed by atoms with Gasteiger partial charge in [-0.25, -0.2) is 0 Å². The summed E-state index contributed by atoms with van der Waals surface area (Å²) >= 11 is 0. The molecule has 0 aliphatic carbocycles. The Balaban J connectivity index is -0.000000130. The second-order valence-corrected chi connectivity index (χ2v) is 5.07. The van der Waals surface area contributed by atoms with E-state index < -0.39 is 0 Å². The van der Waals surface area contributed by atoms with Crippen LogP contribution in [0.25, 0.3) is 0 Å². The van der Waals surface area contributed by atoms with E-state index in [9.17, 15) is 0 Å². The van der Waals surface area contributed by atoms with Crippen LogP contribution in [-0.4, -0.2) is 74.8 Å². The van der Waals surface area contributed by atoms with E-state index in [1.807, 2.05) is 0 Å². The normalized spacial score (nSPS) is 9.36. The molecule has 0 aromatic carbocycles. The first-order valence-corrected chi connectivity index (χ1v) is 9.30. The fourth-order valence-electron chi connectivity index (χ4n) is 1.24. The largest absolute Gasteiger partial charge is 0.396 e. The molecule has 7 heteroatoms. The third-order valence-electron chi connectivity index (χ3n) is 2.39. The van der Waals surface area contributed by atoms with Crippen LogP contribution in [-0.2, 0) is 46.9 Å². The quantitative estimate of drug-likeness (QED) is 0.337. The number of aliphatic hydroxyl groups excluding tert-OH is 3. The Bertz CT molecular complexity index is 129. The first-order valence-electron chi connectivity index (χ1n) is 9.30. The molecule has 0 fully saturated rings. The van der Waals surface area contributed by atoms with Gasteiger partial charge in [0.2, 0.25) is 0 Å². The van der Waals surface area contributed by atoms with Gasteiger partial charge in [-0.2, -0.15) is 0 Å². The van der Waals surface area contributed by atoms with Gasteiger partial charge in [-0.1, -0.05) is 20.8 Å². The molecule has 0 bridgehead atoms. The molecule has 0 spiro atoms. The molecule has 0 unspecified atom stereocenters. The number of hydrogen-bond acceptors (Lipinski definition) is 6. The Kier molecular flexibility index (Phi) is 53.2. The van der Waals surface area contributed by atoms with Crippen molar-refractivity contribution in [3.05, 3.63) is 0 Å². The van der Waals surface area contributed by atoms with Crippen molar-refractivity contribution in [2.75, 3.05) is 59.5 Å². The van der Waals surface area contributed by atoms with Gasteiger partial charge in [0.15, 0.2) is 0 Å². The van der Waals surface area contributed by atoms with E-state index in [4.69, 9.17) is 29.5 Å². The minimum absolute atomic E-state index is 0. The molecule has 0 saturated carbocycles. The molecule has 1 radical (unpaired) electrons. The summed E-state index contributed by atoms with van der Waals surface area (Å²) in [5.74, 6) is 0. The van der Waals surface area contributed by atoms with Crippen molar-refractivity contribution in [1.29, 1.82) is 0 Å². The first-order chi connectivity index (χ1) is 11.7. The van der Waals surface area contributed by atoms with Crippen LogP contribution in [0.15, 0.2) is 0 Å².